The van der Waals surface area contributed by atoms with Crippen molar-refractivity contribution in [3.63, 3.8) is 0 Å². The largest absolute Gasteiger partial charge is 0.497 e. The number of nitrogens with one attached hydrogen (secondary N) is 2. The van der Waals surface area contributed by atoms with E-state index >= 15 is 0 Å². The maximum Gasteiger partial charge on any atom is 0.119 e. The Morgan fingerprint density at radius 2 is 2.33 bits per heavy atom. The molecule has 0 saturated carbocycles. The fourth-order valence-corrected chi connectivity index (χ4v) is 3.81. The summed E-state index contributed by atoms with van der Waals surface area (Å²) in [5, 5.41) is 15.3. The molecular formula is C18H25N3O3. The van der Waals surface area contributed by atoms with E-state index in [1.807, 2.05) is 6.07 Å². The monoisotopic (exact) mass is 331 g/mol. The van der Waals surface area contributed by atoms with Crippen LogP contribution in [0.5, 0.6) is 5.75 Å². The molecule has 0 bridgehead atoms. The molecule has 130 valence electrons. The van der Waals surface area contributed by atoms with Crippen LogP contribution in [0.3, 0.4) is 0 Å². The fourth-order valence-electron chi connectivity index (χ4n) is 3.81. The molecule has 6 heteroatoms. The van der Waals surface area contributed by atoms with Crippen LogP contribution < -0.4 is 10.1 Å². The molecule has 2 aromatic rings. The standard InChI is InChI=1S/C18H25N3O3/c1-23-13-2-3-16-14(8-13)15-9-21(6-4-17(15)20-16)11-18(22)10-19-5-7-24-12-18/h2-3,8,19-20,22H,4-7,9-12H2,1H3/t18-/m0/s1. The van der Waals surface area contributed by atoms with Gasteiger partial charge in [0.25, 0.3) is 0 Å². The lowest BCUT2D eigenvalue weighted by Crippen LogP contribution is -2.52. The van der Waals surface area contributed by atoms with Crippen molar-refractivity contribution in [1.29, 1.82) is 0 Å². The maximum atomic E-state index is 10.8. The lowest BCUT2D eigenvalue weighted by atomic mass is 10.00. The van der Waals surface area contributed by atoms with Crippen molar-refractivity contribution in [3.05, 3.63) is 29.5 Å². The Labute approximate surface area is 141 Å². The molecule has 2 aliphatic rings. The first-order valence-electron chi connectivity index (χ1n) is 8.57. The molecule has 0 unspecified atom stereocenters. The molecule has 1 fully saturated rings. The molecule has 1 aromatic heterocycles. The molecule has 1 aromatic carbocycles. The molecule has 2 aliphatic heterocycles. The van der Waals surface area contributed by atoms with Crippen LogP contribution in [0.15, 0.2) is 18.2 Å². The zero-order chi connectivity index (χ0) is 16.6. The zero-order valence-corrected chi connectivity index (χ0v) is 14.1. The van der Waals surface area contributed by atoms with E-state index in [-0.39, 0.29) is 0 Å². The molecule has 0 amide bonds. The number of aromatic nitrogens is 1. The molecule has 0 spiro atoms. The minimum absolute atomic E-state index is 0.394. The van der Waals surface area contributed by atoms with Gasteiger partial charge in [-0.05, 0) is 23.8 Å². The summed E-state index contributed by atoms with van der Waals surface area (Å²) in [6.45, 7) is 4.84. The second-order valence-corrected chi connectivity index (χ2v) is 6.91. The normalized spacial score (nSPS) is 25.4. The summed E-state index contributed by atoms with van der Waals surface area (Å²) < 4.78 is 10.9. The van der Waals surface area contributed by atoms with E-state index in [0.717, 1.165) is 37.3 Å². The van der Waals surface area contributed by atoms with Crippen molar-refractivity contribution in [2.75, 3.05) is 46.5 Å². The number of hydrogen-bond acceptors (Lipinski definition) is 5. The molecule has 1 saturated heterocycles. The van der Waals surface area contributed by atoms with E-state index in [2.05, 4.69) is 27.3 Å². The van der Waals surface area contributed by atoms with Gasteiger partial charge in [0.05, 0.1) is 20.3 Å². The van der Waals surface area contributed by atoms with Crippen molar-refractivity contribution in [2.24, 2.45) is 0 Å². The quantitative estimate of drug-likeness (QED) is 0.779. The minimum Gasteiger partial charge on any atom is -0.497 e. The van der Waals surface area contributed by atoms with E-state index in [0.29, 0.717) is 26.3 Å². The molecule has 0 radical (unpaired) electrons. The van der Waals surface area contributed by atoms with Gasteiger partial charge in [-0.15, -0.1) is 0 Å². The number of β-amino-alcohol motifs (C(OH)–C–C–N with tert-alkyl or cyclic N) is 1. The van der Waals surface area contributed by atoms with Gasteiger partial charge in [-0.2, -0.15) is 0 Å². The first-order chi connectivity index (χ1) is 11.7. The molecule has 3 N–H and O–H groups in total. The second-order valence-electron chi connectivity index (χ2n) is 6.91. The number of rotatable bonds is 3. The van der Waals surface area contributed by atoms with E-state index in [1.54, 1.807) is 7.11 Å². The Kier molecular flexibility index (Phi) is 4.22. The molecule has 24 heavy (non-hydrogen) atoms. The average molecular weight is 331 g/mol. The maximum absolute atomic E-state index is 10.8. The predicted octanol–water partition coefficient (Wildman–Crippen LogP) is 0.885. The highest BCUT2D eigenvalue weighted by molar-refractivity contribution is 5.86. The summed E-state index contributed by atoms with van der Waals surface area (Å²) in [7, 11) is 1.70. The summed E-state index contributed by atoms with van der Waals surface area (Å²) in [4.78, 5) is 5.85. The van der Waals surface area contributed by atoms with Crippen molar-refractivity contribution in [3.8, 4) is 5.75 Å². The third-order valence-electron chi connectivity index (χ3n) is 5.03. The highest BCUT2D eigenvalue weighted by Gasteiger charge is 2.33. The van der Waals surface area contributed by atoms with E-state index in [1.165, 1.54) is 16.6 Å². The Morgan fingerprint density at radius 1 is 1.42 bits per heavy atom. The molecule has 1 atom stereocenters. The first-order valence-corrected chi connectivity index (χ1v) is 8.57. The van der Waals surface area contributed by atoms with Crippen LogP contribution in [0.1, 0.15) is 11.3 Å². The van der Waals surface area contributed by atoms with Gasteiger partial charge in [0, 0.05) is 55.7 Å². The van der Waals surface area contributed by atoms with Crippen LogP contribution in [0.2, 0.25) is 0 Å². The Balaban J connectivity index is 1.56. The number of aliphatic hydroxyl groups is 1. The van der Waals surface area contributed by atoms with Crippen LogP contribution in [0.4, 0.5) is 0 Å². The van der Waals surface area contributed by atoms with Gasteiger partial charge in [-0.25, -0.2) is 0 Å². The fraction of sp³-hybridized carbons (Fsp3) is 0.556. The molecule has 6 nitrogen and oxygen atoms in total. The number of ether oxygens (including phenoxy) is 2. The van der Waals surface area contributed by atoms with Crippen molar-refractivity contribution >= 4 is 10.9 Å². The van der Waals surface area contributed by atoms with Crippen LogP contribution in [-0.2, 0) is 17.7 Å². The number of methoxy groups -OCH3 is 1. The van der Waals surface area contributed by atoms with Gasteiger partial charge in [0.1, 0.15) is 11.4 Å². The number of benzene rings is 1. The van der Waals surface area contributed by atoms with E-state index in [9.17, 15) is 5.11 Å². The zero-order valence-electron chi connectivity index (χ0n) is 14.1. The lowest BCUT2D eigenvalue weighted by molar-refractivity contribution is -0.0510. The molecule has 4 rings (SSSR count). The highest BCUT2D eigenvalue weighted by atomic mass is 16.5. The van der Waals surface area contributed by atoms with Crippen LogP contribution in [0.25, 0.3) is 10.9 Å². The number of hydrogen-bond donors (Lipinski definition) is 3. The van der Waals surface area contributed by atoms with Crippen LogP contribution in [0, 0.1) is 0 Å². The number of fused-ring (bicyclic) bond motifs is 3. The molecular weight excluding hydrogens is 306 g/mol. The molecule has 3 heterocycles. The summed E-state index contributed by atoms with van der Waals surface area (Å²) in [5.74, 6) is 0.876. The summed E-state index contributed by atoms with van der Waals surface area (Å²) in [5.41, 5.74) is 2.96. The minimum atomic E-state index is -0.822. The number of H-pyrrole nitrogens is 1. The highest BCUT2D eigenvalue weighted by Crippen LogP contribution is 2.31. The van der Waals surface area contributed by atoms with Gasteiger partial charge >= 0.3 is 0 Å². The second kappa shape index (κ2) is 6.37. The predicted molar refractivity (Wildman–Crippen MR) is 92.5 cm³/mol. The number of aromatic amines is 1. The van der Waals surface area contributed by atoms with Gasteiger partial charge < -0.3 is 24.9 Å². The third kappa shape index (κ3) is 3.02. The lowest BCUT2D eigenvalue weighted by Gasteiger charge is -2.35. The summed E-state index contributed by atoms with van der Waals surface area (Å²) in [6.07, 6.45) is 0.969. The number of nitrogens with zero attached hydrogens (tertiary/aromatic N) is 1. The SMILES string of the molecule is COc1ccc2[nH]c3c(c2c1)CN(C[C@@]1(O)CNCCOC1)CC3. The first kappa shape index (κ1) is 15.9. The van der Waals surface area contributed by atoms with Gasteiger partial charge in [0.15, 0.2) is 0 Å². The van der Waals surface area contributed by atoms with Crippen LogP contribution >= 0.6 is 0 Å². The topological polar surface area (TPSA) is 69.8 Å². The Morgan fingerprint density at radius 3 is 3.21 bits per heavy atom. The van der Waals surface area contributed by atoms with Crippen molar-refractivity contribution < 1.29 is 14.6 Å². The van der Waals surface area contributed by atoms with Crippen molar-refractivity contribution in [2.45, 2.75) is 18.6 Å². The van der Waals surface area contributed by atoms with Gasteiger partial charge in [0.2, 0.25) is 0 Å². The van der Waals surface area contributed by atoms with Gasteiger partial charge in [-0.3, -0.25) is 4.90 Å². The molecule has 0 aliphatic carbocycles. The Hall–Kier alpha value is -1.60. The van der Waals surface area contributed by atoms with Gasteiger partial charge in [-0.1, -0.05) is 0 Å². The average Bonchev–Trinajstić information content (AvgIpc) is 2.80. The van der Waals surface area contributed by atoms with E-state index in [4.69, 9.17) is 9.47 Å². The smallest absolute Gasteiger partial charge is 0.119 e. The van der Waals surface area contributed by atoms with Crippen LogP contribution in [-0.4, -0.2) is 67.1 Å². The van der Waals surface area contributed by atoms with Crippen molar-refractivity contribution in [1.82, 2.24) is 15.2 Å². The van der Waals surface area contributed by atoms with E-state index < -0.39 is 5.60 Å². The summed E-state index contributed by atoms with van der Waals surface area (Å²) in [6, 6.07) is 6.16. The summed E-state index contributed by atoms with van der Waals surface area (Å²) >= 11 is 0. The third-order valence-corrected chi connectivity index (χ3v) is 5.03. The Bertz CT molecular complexity index is 720.